The first-order chi connectivity index (χ1) is 13.6. The summed E-state index contributed by atoms with van der Waals surface area (Å²) < 4.78 is 4.47. The van der Waals surface area contributed by atoms with Gasteiger partial charge in [-0.15, -0.1) is 0 Å². The largest absolute Gasteiger partial charge is 0.468 e. The fraction of sp³-hybridized carbons (Fsp3) is 0.286. The SMILES string of the molecule is COC(=O)CNC(=O)Cc1ccc(NC(=O)C(C)(C)c2ccc(Cl)c(Cl)c2)cc1. The Balaban J connectivity index is 1.99. The van der Waals surface area contributed by atoms with Crippen molar-refractivity contribution < 1.29 is 19.1 Å². The summed E-state index contributed by atoms with van der Waals surface area (Å²) in [6.45, 7) is 3.41. The Morgan fingerprint density at radius 1 is 1.00 bits per heavy atom. The van der Waals surface area contributed by atoms with E-state index in [-0.39, 0.29) is 24.8 Å². The normalized spacial score (nSPS) is 10.9. The van der Waals surface area contributed by atoms with Gasteiger partial charge in [0.1, 0.15) is 6.54 Å². The topological polar surface area (TPSA) is 84.5 Å². The zero-order chi connectivity index (χ0) is 21.6. The van der Waals surface area contributed by atoms with Crippen molar-refractivity contribution in [3.63, 3.8) is 0 Å². The van der Waals surface area contributed by atoms with Gasteiger partial charge in [0.2, 0.25) is 11.8 Å². The molecule has 0 aliphatic rings. The molecule has 6 nitrogen and oxygen atoms in total. The van der Waals surface area contributed by atoms with Crippen molar-refractivity contribution >= 4 is 46.7 Å². The number of amides is 2. The van der Waals surface area contributed by atoms with Crippen LogP contribution in [0.4, 0.5) is 5.69 Å². The number of benzene rings is 2. The molecule has 154 valence electrons. The molecule has 8 heteroatoms. The van der Waals surface area contributed by atoms with Crippen LogP contribution in [0.15, 0.2) is 42.5 Å². The lowest BCUT2D eigenvalue weighted by Gasteiger charge is -2.24. The first-order valence-corrected chi connectivity index (χ1v) is 9.58. The second kappa shape index (κ2) is 9.76. The molecule has 2 amide bonds. The van der Waals surface area contributed by atoms with E-state index in [2.05, 4.69) is 15.4 Å². The molecule has 0 aliphatic heterocycles. The standard InChI is InChI=1S/C21H22Cl2N2O4/c1-21(2,14-6-9-16(22)17(23)11-14)20(28)25-15-7-4-13(5-8-15)10-18(26)24-12-19(27)29-3/h4-9,11H,10,12H2,1-3H3,(H,24,26)(H,25,28). The third-order valence-electron chi connectivity index (χ3n) is 4.44. The van der Waals surface area contributed by atoms with E-state index in [1.807, 2.05) is 0 Å². The highest BCUT2D eigenvalue weighted by atomic mass is 35.5. The number of esters is 1. The fourth-order valence-electron chi connectivity index (χ4n) is 2.50. The van der Waals surface area contributed by atoms with E-state index >= 15 is 0 Å². The van der Waals surface area contributed by atoms with Gasteiger partial charge in [-0.1, -0.05) is 41.4 Å². The van der Waals surface area contributed by atoms with E-state index in [4.69, 9.17) is 23.2 Å². The molecule has 29 heavy (non-hydrogen) atoms. The minimum Gasteiger partial charge on any atom is -0.468 e. The summed E-state index contributed by atoms with van der Waals surface area (Å²) in [4.78, 5) is 35.6. The number of hydrogen-bond donors (Lipinski definition) is 2. The summed E-state index contributed by atoms with van der Waals surface area (Å²) in [5, 5.41) is 6.16. The molecule has 2 rings (SSSR count). The average Bonchev–Trinajstić information content (AvgIpc) is 2.69. The molecule has 0 aromatic heterocycles. The van der Waals surface area contributed by atoms with Gasteiger partial charge < -0.3 is 15.4 Å². The molecule has 0 spiro atoms. The number of carbonyl (C=O) groups excluding carboxylic acids is 3. The van der Waals surface area contributed by atoms with E-state index in [1.165, 1.54) is 7.11 Å². The van der Waals surface area contributed by atoms with Crippen LogP contribution >= 0.6 is 23.2 Å². The summed E-state index contributed by atoms with van der Waals surface area (Å²) in [5.74, 6) is -1.02. The highest BCUT2D eigenvalue weighted by Crippen LogP contribution is 2.31. The summed E-state index contributed by atoms with van der Waals surface area (Å²) >= 11 is 12.0. The Hall–Kier alpha value is -2.57. The maximum Gasteiger partial charge on any atom is 0.325 e. The first-order valence-electron chi connectivity index (χ1n) is 8.83. The molecule has 0 radical (unpaired) electrons. The van der Waals surface area contributed by atoms with Crippen LogP contribution in [0.1, 0.15) is 25.0 Å². The Morgan fingerprint density at radius 3 is 2.24 bits per heavy atom. The smallest absolute Gasteiger partial charge is 0.325 e. The summed E-state index contributed by atoms with van der Waals surface area (Å²) in [5.41, 5.74) is 1.25. The molecule has 0 bridgehead atoms. The van der Waals surface area contributed by atoms with Crippen LogP contribution in [-0.2, 0) is 31.0 Å². The van der Waals surface area contributed by atoms with E-state index < -0.39 is 11.4 Å². The average molecular weight is 437 g/mol. The highest BCUT2D eigenvalue weighted by molar-refractivity contribution is 6.42. The lowest BCUT2D eigenvalue weighted by atomic mass is 9.83. The Morgan fingerprint density at radius 2 is 1.66 bits per heavy atom. The summed E-state index contributed by atoms with van der Waals surface area (Å²) in [7, 11) is 1.25. The lowest BCUT2D eigenvalue weighted by molar-refractivity contribution is -0.141. The van der Waals surface area contributed by atoms with Crippen molar-refractivity contribution in [2.45, 2.75) is 25.7 Å². The van der Waals surface area contributed by atoms with E-state index in [0.29, 0.717) is 15.7 Å². The molecular weight excluding hydrogens is 415 g/mol. The molecule has 0 unspecified atom stereocenters. The van der Waals surface area contributed by atoms with Crippen LogP contribution in [0, 0.1) is 0 Å². The van der Waals surface area contributed by atoms with Crippen LogP contribution in [0.2, 0.25) is 10.0 Å². The zero-order valence-corrected chi connectivity index (χ0v) is 17.9. The quantitative estimate of drug-likeness (QED) is 0.647. The maximum absolute atomic E-state index is 12.8. The predicted molar refractivity (Wildman–Crippen MR) is 113 cm³/mol. The van der Waals surface area contributed by atoms with Gasteiger partial charge in [-0.05, 0) is 49.2 Å². The maximum atomic E-state index is 12.8. The molecule has 0 saturated carbocycles. The molecule has 2 aromatic rings. The minimum atomic E-state index is -0.833. The molecule has 0 fully saturated rings. The van der Waals surface area contributed by atoms with Crippen molar-refractivity contribution in [3.05, 3.63) is 63.6 Å². The van der Waals surface area contributed by atoms with E-state index in [0.717, 1.165) is 11.1 Å². The van der Waals surface area contributed by atoms with Gasteiger partial charge in [-0.3, -0.25) is 14.4 Å². The lowest BCUT2D eigenvalue weighted by Crippen LogP contribution is -2.34. The van der Waals surface area contributed by atoms with Gasteiger partial charge in [-0.2, -0.15) is 0 Å². The van der Waals surface area contributed by atoms with E-state index in [1.54, 1.807) is 56.3 Å². The summed E-state index contributed by atoms with van der Waals surface area (Å²) in [6.07, 6.45) is 0.111. The van der Waals surface area contributed by atoms with Crippen molar-refractivity contribution in [1.29, 1.82) is 0 Å². The Kier molecular flexibility index (Phi) is 7.65. The zero-order valence-electron chi connectivity index (χ0n) is 16.3. The van der Waals surface area contributed by atoms with E-state index in [9.17, 15) is 14.4 Å². The van der Waals surface area contributed by atoms with Gasteiger partial charge >= 0.3 is 5.97 Å². The highest BCUT2D eigenvalue weighted by Gasteiger charge is 2.30. The number of ether oxygens (including phenoxy) is 1. The van der Waals surface area contributed by atoms with Crippen molar-refractivity contribution in [2.24, 2.45) is 0 Å². The van der Waals surface area contributed by atoms with Gasteiger partial charge in [0.15, 0.2) is 0 Å². The molecular formula is C21H22Cl2N2O4. The monoisotopic (exact) mass is 436 g/mol. The van der Waals surface area contributed by atoms with Crippen LogP contribution in [-0.4, -0.2) is 31.4 Å². The van der Waals surface area contributed by atoms with Crippen LogP contribution < -0.4 is 10.6 Å². The number of hydrogen-bond acceptors (Lipinski definition) is 4. The fourth-order valence-corrected chi connectivity index (χ4v) is 2.80. The number of halogens is 2. The van der Waals surface area contributed by atoms with Crippen molar-refractivity contribution in [1.82, 2.24) is 5.32 Å². The summed E-state index contributed by atoms with van der Waals surface area (Å²) in [6, 6.07) is 12.0. The first kappa shape index (κ1) is 22.7. The van der Waals surface area contributed by atoms with Crippen molar-refractivity contribution in [2.75, 3.05) is 19.0 Å². The number of carbonyl (C=O) groups is 3. The molecule has 2 N–H and O–H groups in total. The van der Waals surface area contributed by atoms with Gasteiger partial charge in [0.05, 0.1) is 29.0 Å². The third-order valence-corrected chi connectivity index (χ3v) is 5.18. The number of nitrogens with one attached hydrogen (secondary N) is 2. The van der Waals surface area contributed by atoms with Crippen LogP contribution in [0.25, 0.3) is 0 Å². The molecule has 2 aromatic carbocycles. The van der Waals surface area contributed by atoms with Crippen molar-refractivity contribution in [3.8, 4) is 0 Å². The second-order valence-corrected chi connectivity index (χ2v) is 7.75. The number of rotatable bonds is 7. The van der Waals surface area contributed by atoms with Crippen LogP contribution in [0.5, 0.6) is 0 Å². The minimum absolute atomic E-state index is 0.111. The molecule has 0 heterocycles. The third kappa shape index (κ3) is 6.21. The Bertz CT molecular complexity index is 911. The number of methoxy groups -OCH3 is 1. The number of anilines is 1. The van der Waals surface area contributed by atoms with Gasteiger partial charge in [-0.25, -0.2) is 0 Å². The molecule has 0 saturated heterocycles. The second-order valence-electron chi connectivity index (χ2n) is 6.93. The van der Waals surface area contributed by atoms with Gasteiger partial charge in [0, 0.05) is 5.69 Å². The van der Waals surface area contributed by atoms with Gasteiger partial charge in [0.25, 0.3) is 0 Å². The molecule has 0 atom stereocenters. The Labute approximate surface area is 179 Å². The molecule has 0 aliphatic carbocycles. The van der Waals surface area contributed by atoms with Crippen LogP contribution in [0.3, 0.4) is 0 Å². The predicted octanol–water partition coefficient (Wildman–Crippen LogP) is 3.74.